The van der Waals surface area contributed by atoms with Crippen molar-refractivity contribution >= 4 is 50.8 Å². The summed E-state index contributed by atoms with van der Waals surface area (Å²) in [5.74, 6) is 2.84. The Morgan fingerprint density at radius 2 is 1.67 bits per heavy atom. The molecule has 1 atom stereocenters. The lowest BCUT2D eigenvalue weighted by Crippen LogP contribution is -2.28. The molecule has 0 radical (unpaired) electrons. The number of allylic oxidation sites excluding steroid dienone is 1. The zero-order chi connectivity index (χ0) is 33.4. The quantitative estimate of drug-likeness (QED) is 0.193. The smallest absolute Gasteiger partial charge is 0.126 e. The summed E-state index contributed by atoms with van der Waals surface area (Å²) in [6, 6.07) is 16.2. The van der Waals surface area contributed by atoms with Gasteiger partial charge in [-0.2, -0.15) is 0 Å². The van der Waals surface area contributed by atoms with Gasteiger partial charge in [-0.05, 0) is 101 Å². The molecule has 4 aromatic rings. The van der Waals surface area contributed by atoms with Crippen LogP contribution in [-0.4, -0.2) is 34.2 Å². The summed E-state index contributed by atoms with van der Waals surface area (Å²) in [6.45, 7) is 17.5. The van der Waals surface area contributed by atoms with Crippen LogP contribution in [0.1, 0.15) is 90.8 Å². The van der Waals surface area contributed by atoms with E-state index in [1.807, 2.05) is 25.3 Å². The standard InChI is InChI=1S/C22H29N3.C7H6Cl2.C7H14.C3H6O/c1-3-16-8-10-17(11-9-16)14-25(2)15-18-12-20-19-6-4-5-7-21(19)24-22(20)13-23-18;1-5-4-6(8)2-3-7(5)9;1-4-6-7(3)5-2;1-3(2)4/h4-7,12-13,16-17,24H,3,8-11,14-15H2,1-2H3;2-4H,1H3;4,7H,1,5-6H2,2-3H3;1-2H3. The van der Waals surface area contributed by atoms with Gasteiger partial charge in [0.2, 0.25) is 0 Å². The van der Waals surface area contributed by atoms with Crippen molar-refractivity contribution < 1.29 is 4.79 Å². The lowest BCUT2D eigenvalue weighted by atomic mass is 9.81. The predicted molar refractivity (Wildman–Crippen MR) is 197 cm³/mol. The van der Waals surface area contributed by atoms with E-state index < -0.39 is 0 Å². The third kappa shape index (κ3) is 14.1. The Balaban J connectivity index is 0.000000288. The molecule has 1 aliphatic carbocycles. The van der Waals surface area contributed by atoms with Crippen molar-refractivity contribution in [2.24, 2.45) is 17.8 Å². The zero-order valence-electron chi connectivity index (χ0n) is 28.6. The van der Waals surface area contributed by atoms with E-state index in [4.69, 9.17) is 23.2 Å². The molecule has 1 aliphatic rings. The summed E-state index contributed by atoms with van der Waals surface area (Å²) in [4.78, 5) is 20.0. The lowest BCUT2D eigenvalue weighted by molar-refractivity contribution is -0.115. The maximum Gasteiger partial charge on any atom is 0.126 e. The number of hydrogen-bond donors (Lipinski definition) is 1. The monoisotopic (exact) mass is 651 g/mol. The fraction of sp³-hybridized carbons (Fsp3) is 0.487. The first kappa shape index (κ1) is 38.5. The fourth-order valence-electron chi connectivity index (χ4n) is 5.54. The molecule has 0 amide bonds. The number of aromatic nitrogens is 2. The van der Waals surface area contributed by atoms with E-state index in [0.29, 0.717) is 0 Å². The number of hydrogen-bond acceptors (Lipinski definition) is 3. The molecule has 1 fully saturated rings. The Hall–Kier alpha value is -2.66. The molecule has 0 spiro atoms. The van der Waals surface area contributed by atoms with Crippen molar-refractivity contribution in [1.29, 1.82) is 0 Å². The molecule has 2 heterocycles. The molecule has 1 N–H and O–H groups in total. The van der Waals surface area contributed by atoms with Crippen LogP contribution in [-0.2, 0) is 11.3 Å². The number of H-pyrrole nitrogens is 1. The molecule has 0 saturated heterocycles. The molecule has 5 rings (SSSR count). The second kappa shape index (κ2) is 20.5. The Labute approximate surface area is 282 Å². The molecule has 246 valence electrons. The number of ketones is 1. The van der Waals surface area contributed by atoms with Crippen LogP contribution in [0.2, 0.25) is 10.0 Å². The number of pyridine rings is 1. The molecule has 0 bridgehead atoms. The normalized spacial score (nSPS) is 16.5. The summed E-state index contributed by atoms with van der Waals surface area (Å²) in [7, 11) is 2.24. The third-order valence-electron chi connectivity index (χ3n) is 8.38. The van der Waals surface area contributed by atoms with E-state index in [-0.39, 0.29) is 5.78 Å². The second-order valence-electron chi connectivity index (χ2n) is 12.7. The molecule has 2 aromatic carbocycles. The molecular formula is C39H55Cl2N3O. The average Bonchev–Trinajstić information content (AvgIpc) is 3.38. The van der Waals surface area contributed by atoms with Crippen molar-refractivity contribution in [2.45, 2.75) is 93.0 Å². The molecule has 4 nitrogen and oxygen atoms in total. The lowest BCUT2D eigenvalue weighted by Gasteiger charge is -2.30. The topological polar surface area (TPSA) is 49.0 Å². The van der Waals surface area contributed by atoms with Gasteiger partial charge >= 0.3 is 0 Å². The zero-order valence-corrected chi connectivity index (χ0v) is 30.1. The van der Waals surface area contributed by atoms with Crippen molar-refractivity contribution in [3.63, 3.8) is 0 Å². The highest BCUT2D eigenvalue weighted by molar-refractivity contribution is 6.33. The number of benzene rings is 2. The first-order valence-electron chi connectivity index (χ1n) is 16.5. The van der Waals surface area contributed by atoms with Crippen LogP contribution in [0.4, 0.5) is 0 Å². The van der Waals surface area contributed by atoms with Gasteiger partial charge in [0.1, 0.15) is 5.78 Å². The van der Waals surface area contributed by atoms with Crippen LogP contribution in [0.3, 0.4) is 0 Å². The Kier molecular flexibility index (Phi) is 17.5. The number of aromatic amines is 1. The van der Waals surface area contributed by atoms with E-state index in [1.54, 1.807) is 12.1 Å². The molecule has 45 heavy (non-hydrogen) atoms. The number of fused-ring (bicyclic) bond motifs is 3. The van der Waals surface area contributed by atoms with Gasteiger partial charge in [-0.3, -0.25) is 4.98 Å². The summed E-state index contributed by atoms with van der Waals surface area (Å²) in [6.07, 6.45) is 13.4. The Morgan fingerprint density at radius 3 is 2.22 bits per heavy atom. The van der Waals surface area contributed by atoms with Crippen LogP contribution >= 0.6 is 23.2 Å². The minimum Gasteiger partial charge on any atom is -0.353 e. The number of Topliss-reactive ketones (excluding diaryl/α,β-unsaturated/α-hetero) is 1. The van der Waals surface area contributed by atoms with E-state index in [0.717, 1.165) is 51.8 Å². The van der Waals surface area contributed by atoms with Gasteiger partial charge in [-0.15, -0.1) is 6.58 Å². The minimum absolute atomic E-state index is 0.167. The first-order valence-corrected chi connectivity index (χ1v) is 17.3. The van der Waals surface area contributed by atoms with Crippen LogP contribution < -0.4 is 0 Å². The molecule has 2 aromatic heterocycles. The largest absolute Gasteiger partial charge is 0.353 e. The van der Waals surface area contributed by atoms with Gasteiger partial charge in [-0.25, -0.2) is 0 Å². The number of rotatable bonds is 8. The average molecular weight is 653 g/mol. The van der Waals surface area contributed by atoms with Gasteiger partial charge in [0.15, 0.2) is 0 Å². The fourth-order valence-corrected chi connectivity index (χ4v) is 5.89. The molecule has 0 aliphatic heterocycles. The van der Waals surface area contributed by atoms with Crippen LogP contribution in [0.25, 0.3) is 21.8 Å². The summed E-state index contributed by atoms with van der Waals surface area (Å²) < 4.78 is 0. The van der Waals surface area contributed by atoms with E-state index in [1.165, 1.54) is 80.9 Å². The van der Waals surface area contributed by atoms with Crippen LogP contribution in [0.5, 0.6) is 0 Å². The number of halogens is 2. The molecular weight excluding hydrogens is 597 g/mol. The van der Waals surface area contributed by atoms with Crippen LogP contribution in [0, 0.1) is 24.7 Å². The maximum atomic E-state index is 9.44. The summed E-state index contributed by atoms with van der Waals surface area (Å²) in [5.41, 5.74) is 4.51. The van der Waals surface area contributed by atoms with Gasteiger partial charge in [0.25, 0.3) is 0 Å². The number of nitrogens with zero attached hydrogens (tertiary/aromatic N) is 2. The van der Waals surface area contributed by atoms with Gasteiger partial charge < -0.3 is 14.7 Å². The minimum atomic E-state index is 0.167. The number of para-hydroxylation sites is 1. The Bertz CT molecular complexity index is 1450. The van der Waals surface area contributed by atoms with Gasteiger partial charge in [-0.1, -0.05) is 93.9 Å². The molecule has 1 unspecified atom stereocenters. The second-order valence-corrected chi connectivity index (χ2v) is 13.6. The number of carbonyl (C=O) groups excluding carboxylic acids is 1. The van der Waals surface area contributed by atoms with Gasteiger partial charge in [0.05, 0.1) is 17.4 Å². The van der Waals surface area contributed by atoms with Crippen molar-refractivity contribution in [2.75, 3.05) is 13.6 Å². The van der Waals surface area contributed by atoms with Crippen molar-refractivity contribution in [1.82, 2.24) is 14.9 Å². The van der Waals surface area contributed by atoms with E-state index in [9.17, 15) is 4.79 Å². The first-order chi connectivity index (χ1) is 21.5. The summed E-state index contributed by atoms with van der Waals surface area (Å²) >= 11 is 11.4. The van der Waals surface area contributed by atoms with E-state index in [2.05, 4.69) is 79.6 Å². The maximum absolute atomic E-state index is 9.44. The van der Waals surface area contributed by atoms with Crippen molar-refractivity contribution in [3.8, 4) is 0 Å². The number of aryl methyl sites for hydroxylation is 1. The predicted octanol–water partition coefficient (Wildman–Crippen LogP) is 11.9. The third-order valence-corrected chi connectivity index (χ3v) is 9.04. The number of carbonyl (C=O) groups is 1. The highest BCUT2D eigenvalue weighted by Crippen LogP contribution is 2.31. The number of nitrogens with one attached hydrogen (secondary N) is 1. The van der Waals surface area contributed by atoms with E-state index >= 15 is 0 Å². The highest BCUT2D eigenvalue weighted by Gasteiger charge is 2.21. The summed E-state index contributed by atoms with van der Waals surface area (Å²) in [5, 5.41) is 4.08. The SMILES string of the molecule is C=CCC(C)CC.CC(C)=O.CCC1CCC(CN(C)Cc2cc3c(cn2)[nH]c2ccccc23)CC1.Cc1cc(Cl)ccc1Cl. The molecule has 1 saturated carbocycles. The molecule has 6 heteroatoms. The van der Waals surface area contributed by atoms with Crippen molar-refractivity contribution in [3.05, 3.63) is 88.7 Å². The highest BCUT2D eigenvalue weighted by atomic mass is 35.5. The van der Waals surface area contributed by atoms with Crippen LogP contribution in [0.15, 0.2) is 67.4 Å². The Morgan fingerprint density at radius 1 is 1.02 bits per heavy atom. The van der Waals surface area contributed by atoms with Gasteiger partial charge in [0, 0.05) is 39.4 Å².